The van der Waals surface area contributed by atoms with E-state index in [9.17, 15) is 13.2 Å². The first-order valence-corrected chi connectivity index (χ1v) is 6.45. The van der Waals surface area contributed by atoms with E-state index in [1.165, 1.54) is 7.05 Å². The van der Waals surface area contributed by atoms with E-state index in [0.29, 0.717) is 5.71 Å². The minimum atomic E-state index is -3.17. The number of sulfone groups is 1. The Kier molecular flexibility index (Phi) is 5.27. The monoisotopic (exact) mass is 236 g/mol. The molecule has 6 nitrogen and oxygen atoms in total. The third-order valence-electron chi connectivity index (χ3n) is 1.53. The van der Waals surface area contributed by atoms with E-state index < -0.39 is 15.9 Å². The summed E-state index contributed by atoms with van der Waals surface area (Å²) in [6.07, 6.45) is 0.381. The lowest BCUT2D eigenvalue weighted by molar-refractivity contribution is 0.152. The summed E-state index contributed by atoms with van der Waals surface area (Å²) in [5.74, 6) is -0.300. The molecular weight excluding hydrogens is 220 g/mol. The Morgan fingerprint density at radius 2 is 2.00 bits per heavy atom. The molecule has 0 unspecified atom stereocenters. The third-order valence-corrected chi connectivity index (χ3v) is 2.35. The molecule has 0 aromatic carbocycles. The van der Waals surface area contributed by atoms with E-state index in [-0.39, 0.29) is 11.7 Å². The highest BCUT2D eigenvalue weighted by atomic mass is 32.2. The average Bonchev–Trinajstić information content (AvgIpc) is 2.09. The van der Waals surface area contributed by atoms with Gasteiger partial charge in [0, 0.05) is 13.3 Å². The van der Waals surface area contributed by atoms with Gasteiger partial charge in [0.15, 0.2) is 9.84 Å². The average molecular weight is 236 g/mol. The summed E-state index contributed by atoms with van der Waals surface area (Å²) in [7, 11) is -1.77. The van der Waals surface area contributed by atoms with Crippen LogP contribution in [0.3, 0.4) is 0 Å². The van der Waals surface area contributed by atoms with Crippen molar-refractivity contribution in [2.45, 2.75) is 13.8 Å². The van der Waals surface area contributed by atoms with Crippen molar-refractivity contribution in [1.82, 2.24) is 5.32 Å². The number of hydrogen-bond acceptors (Lipinski definition) is 5. The molecule has 0 aliphatic heterocycles. The zero-order valence-corrected chi connectivity index (χ0v) is 10.1. The Labute approximate surface area is 89.6 Å². The first-order chi connectivity index (χ1) is 6.76. The molecule has 1 amide bonds. The van der Waals surface area contributed by atoms with Crippen LogP contribution in [0.4, 0.5) is 4.79 Å². The quantitative estimate of drug-likeness (QED) is 0.435. The van der Waals surface area contributed by atoms with Crippen molar-refractivity contribution >= 4 is 21.6 Å². The van der Waals surface area contributed by atoms with Gasteiger partial charge in [0.1, 0.15) is 0 Å². The summed E-state index contributed by atoms with van der Waals surface area (Å²) in [6, 6.07) is 0. The number of oxime groups is 1. The maximum atomic E-state index is 11.0. The molecular formula is C8H16N2O4S. The largest absolute Gasteiger partial charge is 0.433 e. The molecule has 0 saturated heterocycles. The fourth-order valence-electron chi connectivity index (χ4n) is 0.713. The first-order valence-electron chi connectivity index (χ1n) is 4.39. The van der Waals surface area contributed by atoms with E-state index in [1.54, 1.807) is 13.8 Å². The maximum Gasteiger partial charge on any atom is 0.433 e. The number of nitrogens with zero attached hydrogens (tertiary/aromatic N) is 1. The molecule has 0 aromatic rings. The summed E-state index contributed by atoms with van der Waals surface area (Å²) >= 11 is 0. The van der Waals surface area contributed by atoms with Crippen LogP contribution in [-0.4, -0.2) is 39.3 Å². The number of amides is 1. The molecule has 0 aromatic heterocycles. The molecule has 0 saturated carbocycles. The molecule has 0 heterocycles. The minimum Gasteiger partial charge on any atom is -0.323 e. The third kappa shape index (κ3) is 6.89. The van der Waals surface area contributed by atoms with Crippen molar-refractivity contribution in [3.63, 3.8) is 0 Å². The lowest BCUT2D eigenvalue weighted by Crippen LogP contribution is -2.23. The molecule has 1 N–H and O–H groups in total. The molecule has 0 aliphatic carbocycles. The molecule has 0 aliphatic rings. The Hall–Kier alpha value is -1.11. The fraction of sp³-hybridized carbons (Fsp3) is 0.750. The minimum absolute atomic E-state index is 0.0932. The van der Waals surface area contributed by atoms with Gasteiger partial charge >= 0.3 is 6.09 Å². The summed E-state index contributed by atoms with van der Waals surface area (Å²) in [6.45, 7) is 3.55. The van der Waals surface area contributed by atoms with Crippen molar-refractivity contribution < 1.29 is 18.0 Å². The Bertz CT molecular complexity index is 346. The van der Waals surface area contributed by atoms with Gasteiger partial charge in [0.2, 0.25) is 0 Å². The van der Waals surface area contributed by atoms with Crippen molar-refractivity contribution in [2.75, 3.05) is 19.1 Å². The highest BCUT2D eigenvalue weighted by Gasteiger charge is 2.14. The number of carbonyl (C=O) groups excluding carboxylic acids is 1. The highest BCUT2D eigenvalue weighted by Crippen LogP contribution is 2.01. The van der Waals surface area contributed by atoms with Crippen LogP contribution in [0.2, 0.25) is 0 Å². The lowest BCUT2D eigenvalue weighted by Gasteiger charge is -2.07. The second kappa shape index (κ2) is 5.69. The molecule has 0 fully saturated rings. The van der Waals surface area contributed by atoms with Gasteiger partial charge < -0.3 is 5.32 Å². The fourth-order valence-corrected chi connectivity index (χ4v) is 1.64. The normalized spacial score (nSPS) is 12.7. The van der Waals surface area contributed by atoms with E-state index in [1.807, 2.05) is 0 Å². The summed E-state index contributed by atoms with van der Waals surface area (Å²) in [5.41, 5.74) is 0.320. The van der Waals surface area contributed by atoms with Crippen LogP contribution in [0.5, 0.6) is 0 Å². The van der Waals surface area contributed by atoms with Crippen LogP contribution >= 0.6 is 0 Å². The van der Waals surface area contributed by atoms with Crippen LogP contribution in [0, 0.1) is 5.92 Å². The van der Waals surface area contributed by atoms with Crippen LogP contribution in [0.15, 0.2) is 5.16 Å². The molecule has 7 heteroatoms. The van der Waals surface area contributed by atoms with Gasteiger partial charge in [-0.15, -0.1) is 0 Å². The highest BCUT2D eigenvalue weighted by molar-refractivity contribution is 7.91. The van der Waals surface area contributed by atoms with E-state index in [4.69, 9.17) is 0 Å². The van der Waals surface area contributed by atoms with Crippen molar-refractivity contribution in [2.24, 2.45) is 11.1 Å². The molecule has 0 spiro atoms. The second-order valence-electron chi connectivity index (χ2n) is 3.44. The Morgan fingerprint density at radius 3 is 2.33 bits per heavy atom. The first kappa shape index (κ1) is 13.9. The summed E-state index contributed by atoms with van der Waals surface area (Å²) < 4.78 is 22.0. The maximum absolute atomic E-state index is 11.0. The second-order valence-corrected chi connectivity index (χ2v) is 5.58. The van der Waals surface area contributed by atoms with Crippen molar-refractivity contribution in [3.8, 4) is 0 Å². The topological polar surface area (TPSA) is 84.8 Å². The Balaban J connectivity index is 4.60. The number of carbonyl (C=O) groups is 1. The molecule has 0 bridgehead atoms. The smallest absolute Gasteiger partial charge is 0.323 e. The summed E-state index contributed by atoms with van der Waals surface area (Å²) in [4.78, 5) is 15.1. The van der Waals surface area contributed by atoms with E-state index in [0.717, 1.165) is 6.26 Å². The molecule has 0 atom stereocenters. The van der Waals surface area contributed by atoms with Crippen molar-refractivity contribution in [1.29, 1.82) is 0 Å². The van der Waals surface area contributed by atoms with Gasteiger partial charge in [-0.05, 0) is 5.92 Å². The Morgan fingerprint density at radius 1 is 1.47 bits per heavy atom. The van der Waals surface area contributed by atoms with Gasteiger partial charge in [0.05, 0.1) is 11.5 Å². The van der Waals surface area contributed by atoms with Gasteiger partial charge in [-0.1, -0.05) is 19.0 Å². The number of nitrogens with one attached hydrogen (secondary N) is 1. The van der Waals surface area contributed by atoms with Gasteiger partial charge in [-0.3, -0.25) is 4.84 Å². The predicted molar refractivity (Wildman–Crippen MR) is 57.5 cm³/mol. The molecule has 88 valence electrons. The lowest BCUT2D eigenvalue weighted by atomic mass is 10.1. The van der Waals surface area contributed by atoms with Crippen LogP contribution in [-0.2, 0) is 14.7 Å². The SMILES string of the molecule is CNC(=O)ON=C(CS(C)(=O)=O)C(C)C. The predicted octanol–water partition coefficient (Wildman–Crippen LogP) is 0.399. The summed E-state index contributed by atoms with van der Waals surface area (Å²) in [5, 5.41) is 5.71. The van der Waals surface area contributed by atoms with Gasteiger partial charge in [-0.2, -0.15) is 0 Å². The molecule has 15 heavy (non-hydrogen) atoms. The number of rotatable bonds is 4. The van der Waals surface area contributed by atoms with Crippen molar-refractivity contribution in [3.05, 3.63) is 0 Å². The van der Waals surface area contributed by atoms with Crippen LogP contribution in [0.1, 0.15) is 13.8 Å². The van der Waals surface area contributed by atoms with Crippen LogP contribution < -0.4 is 5.32 Å². The van der Waals surface area contributed by atoms with Gasteiger partial charge in [-0.25, -0.2) is 13.2 Å². The standard InChI is InChI=1S/C8H16N2O4S/c1-6(2)7(5-15(4,12)13)10-14-8(11)9-3/h6H,5H2,1-4H3,(H,9,11). The number of hydrogen-bond donors (Lipinski definition) is 1. The molecule has 0 rings (SSSR count). The van der Waals surface area contributed by atoms with Crippen LogP contribution in [0.25, 0.3) is 0 Å². The van der Waals surface area contributed by atoms with E-state index in [2.05, 4.69) is 15.3 Å². The van der Waals surface area contributed by atoms with E-state index >= 15 is 0 Å². The van der Waals surface area contributed by atoms with Gasteiger partial charge in [0.25, 0.3) is 0 Å². The zero-order valence-electron chi connectivity index (χ0n) is 9.27. The molecule has 0 radical (unpaired) electrons. The zero-order chi connectivity index (χ0) is 12.1.